The number of nitrogens with two attached hydrogens (primary N) is 1. The molecule has 0 saturated carbocycles. The summed E-state index contributed by atoms with van der Waals surface area (Å²) in [5.74, 6) is -0.705. The van der Waals surface area contributed by atoms with Gasteiger partial charge in [0.2, 0.25) is 0 Å². The van der Waals surface area contributed by atoms with Crippen LogP contribution in [0.1, 0.15) is 26.4 Å². The predicted octanol–water partition coefficient (Wildman–Crippen LogP) is 2.87. The number of amides is 2. The first-order valence-electron chi connectivity index (χ1n) is 7.90. The van der Waals surface area contributed by atoms with Gasteiger partial charge in [0, 0.05) is 29.3 Å². The van der Waals surface area contributed by atoms with Crippen molar-refractivity contribution in [2.75, 3.05) is 16.4 Å². The SMILES string of the molecule is Cc1c(NC(=O)c2nccnc2N)cccc1C(=O)Nc1ccccc1. The van der Waals surface area contributed by atoms with Gasteiger partial charge in [-0.1, -0.05) is 24.3 Å². The van der Waals surface area contributed by atoms with Crippen molar-refractivity contribution in [3.05, 3.63) is 77.7 Å². The molecule has 0 bridgehead atoms. The third-order valence-corrected chi connectivity index (χ3v) is 3.80. The van der Waals surface area contributed by atoms with Gasteiger partial charge < -0.3 is 16.4 Å². The molecular formula is C19H17N5O2. The van der Waals surface area contributed by atoms with E-state index in [0.29, 0.717) is 22.5 Å². The molecule has 26 heavy (non-hydrogen) atoms. The van der Waals surface area contributed by atoms with Crippen LogP contribution < -0.4 is 16.4 Å². The molecule has 2 aromatic carbocycles. The van der Waals surface area contributed by atoms with Crippen LogP contribution in [-0.4, -0.2) is 21.8 Å². The maximum atomic E-state index is 12.5. The highest BCUT2D eigenvalue weighted by molar-refractivity contribution is 6.09. The van der Waals surface area contributed by atoms with Gasteiger partial charge in [-0.15, -0.1) is 0 Å². The van der Waals surface area contributed by atoms with Gasteiger partial charge >= 0.3 is 0 Å². The van der Waals surface area contributed by atoms with E-state index in [4.69, 9.17) is 5.73 Å². The summed E-state index contributed by atoms with van der Waals surface area (Å²) < 4.78 is 0. The number of rotatable bonds is 4. The molecule has 7 heteroatoms. The first-order chi connectivity index (χ1) is 12.6. The second-order valence-corrected chi connectivity index (χ2v) is 5.54. The summed E-state index contributed by atoms with van der Waals surface area (Å²) in [5, 5.41) is 5.55. The number of aromatic nitrogens is 2. The van der Waals surface area contributed by atoms with Crippen molar-refractivity contribution in [1.82, 2.24) is 9.97 Å². The van der Waals surface area contributed by atoms with Crippen LogP contribution in [0.2, 0.25) is 0 Å². The predicted molar refractivity (Wildman–Crippen MR) is 100.0 cm³/mol. The van der Waals surface area contributed by atoms with Crippen LogP contribution in [0.5, 0.6) is 0 Å². The molecular weight excluding hydrogens is 330 g/mol. The minimum absolute atomic E-state index is 0.0334. The zero-order chi connectivity index (χ0) is 18.5. The highest BCUT2D eigenvalue weighted by Crippen LogP contribution is 2.21. The number of para-hydroxylation sites is 1. The summed E-state index contributed by atoms with van der Waals surface area (Å²) in [5.41, 5.74) is 8.00. The molecule has 4 N–H and O–H groups in total. The normalized spacial score (nSPS) is 10.2. The van der Waals surface area contributed by atoms with Crippen molar-refractivity contribution < 1.29 is 9.59 Å². The summed E-state index contributed by atoms with van der Waals surface area (Å²) in [6.07, 6.45) is 2.80. The van der Waals surface area contributed by atoms with Crippen LogP contribution in [0.3, 0.4) is 0 Å². The number of benzene rings is 2. The largest absolute Gasteiger partial charge is 0.382 e. The number of nitrogens with one attached hydrogen (secondary N) is 2. The fraction of sp³-hybridized carbons (Fsp3) is 0.0526. The molecule has 0 atom stereocenters. The molecule has 0 aliphatic rings. The second kappa shape index (κ2) is 7.43. The number of hydrogen-bond donors (Lipinski definition) is 3. The van der Waals surface area contributed by atoms with Gasteiger partial charge in [-0.05, 0) is 36.8 Å². The molecule has 0 aliphatic heterocycles. The van der Waals surface area contributed by atoms with Crippen LogP contribution in [0.15, 0.2) is 60.9 Å². The standard InChI is InChI=1S/C19H17N5O2/c1-12-14(18(25)23-13-6-3-2-4-7-13)8-5-9-15(12)24-19(26)16-17(20)22-11-10-21-16/h2-11H,1H3,(H2,20,22)(H,23,25)(H,24,26). The van der Waals surface area contributed by atoms with Crippen molar-refractivity contribution in [2.45, 2.75) is 6.92 Å². The summed E-state index contributed by atoms with van der Waals surface area (Å²) in [4.78, 5) is 32.7. The lowest BCUT2D eigenvalue weighted by Gasteiger charge is -2.13. The maximum absolute atomic E-state index is 12.5. The highest BCUT2D eigenvalue weighted by Gasteiger charge is 2.16. The number of anilines is 3. The summed E-state index contributed by atoms with van der Waals surface area (Å²) >= 11 is 0. The molecule has 0 aliphatic carbocycles. The van der Waals surface area contributed by atoms with E-state index < -0.39 is 5.91 Å². The Hall–Kier alpha value is -3.74. The van der Waals surface area contributed by atoms with Crippen molar-refractivity contribution in [3.8, 4) is 0 Å². The molecule has 3 rings (SSSR count). The molecule has 0 radical (unpaired) electrons. The summed E-state index contributed by atoms with van der Waals surface area (Å²) in [6.45, 7) is 1.76. The Bertz CT molecular complexity index is 957. The fourth-order valence-electron chi connectivity index (χ4n) is 2.44. The van der Waals surface area contributed by atoms with Gasteiger partial charge in [0.05, 0.1) is 0 Å². The van der Waals surface area contributed by atoms with Crippen molar-refractivity contribution in [2.24, 2.45) is 0 Å². The molecule has 1 aromatic heterocycles. The smallest absolute Gasteiger partial charge is 0.278 e. The zero-order valence-electron chi connectivity index (χ0n) is 14.1. The Morgan fingerprint density at radius 2 is 1.62 bits per heavy atom. The van der Waals surface area contributed by atoms with Crippen LogP contribution >= 0.6 is 0 Å². The first-order valence-corrected chi connectivity index (χ1v) is 7.90. The average Bonchev–Trinajstić information content (AvgIpc) is 2.64. The van der Waals surface area contributed by atoms with E-state index in [-0.39, 0.29) is 17.4 Å². The molecule has 2 amide bonds. The molecule has 0 unspecified atom stereocenters. The van der Waals surface area contributed by atoms with Crippen LogP contribution in [0.25, 0.3) is 0 Å². The molecule has 0 spiro atoms. The number of nitrogen functional groups attached to an aromatic ring is 1. The number of carbonyl (C=O) groups excluding carboxylic acids is 2. The molecule has 3 aromatic rings. The van der Waals surface area contributed by atoms with Crippen molar-refractivity contribution in [3.63, 3.8) is 0 Å². The Kier molecular flexibility index (Phi) is 4.89. The minimum Gasteiger partial charge on any atom is -0.382 e. The first kappa shape index (κ1) is 17.1. The van der Waals surface area contributed by atoms with Crippen LogP contribution in [0.4, 0.5) is 17.2 Å². The summed E-state index contributed by atoms with van der Waals surface area (Å²) in [7, 11) is 0. The van der Waals surface area contributed by atoms with E-state index >= 15 is 0 Å². The molecule has 0 fully saturated rings. The van der Waals surface area contributed by atoms with E-state index in [0.717, 1.165) is 0 Å². The number of carbonyl (C=O) groups is 2. The Morgan fingerprint density at radius 1 is 0.885 bits per heavy atom. The quantitative estimate of drug-likeness (QED) is 0.672. The lowest BCUT2D eigenvalue weighted by atomic mass is 10.1. The van der Waals surface area contributed by atoms with Crippen LogP contribution in [-0.2, 0) is 0 Å². The Morgan fingerprint density at radius 3 is 2.35 bits per heavy atom. The number of hydrogen-bond acceptors (Lipinski definition) is 5. The lowest BCUT2D eigenvalue weighted by Crippen LogP contribution is -2.19. The lowest BCUT2D eigenvalue weighted by molar-refractivity contribution is 0.101. The highest BCUT2D eigenvalue weighted by atomic mass is 16.2. The monoisotopic (exact) mass is 347 g/mol. The fourth-order valence-corrected chi connectivity index (χ4v) is 2.44. The average molecular weight is 347 g/mol. The van der Waals surface area contributed by atoms with Gasteiger partial charge in [-0.25, -0.2) is 9.97 Å². The zero-order valence-corrected chi connectivity index (χ0v) is 14.1. The Balaban J connectivity index is 1.82. The van der Waals surface area contributed by atoms with Gasteiger partial charge in [0.25, 0.3) is 11.8 Å². The molecule has 0 saturated heterocycles. The molecule has 7 nitrogen and oxygen atoms in total. The second-order valence-electron chi connectivity index (χ2n) is 5.54. The Labute approximate surface area is 150 Å². The van der Waals surface area contributed by atoms with E-state index in [1.54, 1.807) is 37.3 Å². The van der Waals surface area contributed by atoms with Crippen molar-refractivity contribution >= 4 is 29.0 Å². The maximum Gasteiger partial charge on any atom is 0.278 e. The third kappa shape index (κ3) is 3.67. The van der Waals surface area contributed by atoms with E-state index in [1.807, 2.05) is 18.2 Å². The van der Waals surface area contributed by atoms with Gasteiger partial charge in [-0.3, -0.25) is 9.59 Å². The molecule has 130 valence electrons. The van der Waals surface area contributed by atoms with E-state index in [1.165, 1.54) is 12.4 Å². The number of nitrogens with zero attached hydrogens (tertiary/aromatic N) is 2. The van der Waals surface area contributed by atoms with Gasteiger partial charge in [-0.2, -0.15) is 0 Å². The van der Waals surface area contributed by atoms with Gasteiger partial charge in [0.1, 0.15) is 0 Å². The topological polar surface area (TPSA) is 110 Å². The minimum atomic E-state index is -0.487. The van der Waals surface area contributed by atoms with Gasteiger partial charge in [0.15, 0.2) is 11.5 Å². The van der Waals surface area contributed by atoms with E-state index in [9.17, 15) is 9.59 Å². The summed E-state index contributed by atoms with van der Waals surface area (Å²) in [6, 6.07) is 14.2. The molecule has 1 heterocycles. The van der Waals surface area contributed by atoms with E-state index in [2.05, 4.69) is 20.6 Å². The van der Waals surface area contributed by atoms with Crippen molar-refractivity contribution in [1.29, 1.82) is 0 Å². The van der Waals surface area contributed by atoms with Crippen LogP contribution in [0, 0.1) is 6.92 Å². The third-order valence-electron chi connectivity index (χ3n) is 3.80.